The van der Waals surface area contributed by atoms with E-state index in [0.29, 0.717) is 31.2 Å². The van der Waals surface area contributed by atoms with Crippen molar-refractivity contribution in [3.8, 4) is 0 Å². The second kappa shape index (κ2) is 9.41. The molecule has 1 aliphatic rings. The molecule has 0 aliphatic carbocycles. The molecule has 28 heavy (non-hydrogen) atoms. The van der Waals surface area contributed by atoms with Gasteiger partial charge in [-0.25, -0.2) is 14.8 Å². The zero-order chi connectivity index (χ0) is 20.8. The molecule has 9 nitrogen and oxygen atoms in total. The fourth-order valence-electron chi connectivity index (χ4n) is 3.19. The van der Waals surface area contributed by atoms with Crippen LogP contribution in [0.25, 0.3) is 0 Å². The van der Waals surface area contributed by atoms with Gasteiger partial charge in [0.05, 0.1) is 5.69 Å². The third-order valence-corrected chi connectivity index (χ3v) is 4.44. The highest BCUT2D eigenvalue weighted by molar-refractivity contribution is 6.04. The number of methoxy groups -OCH3 is 1. The molecule has 1 aromatic rings. The van der Waals surface area contributed by atoms with Gasteiger partial charge in [-0.1, -0.05) is 12.7 Å². The topological polar surface area (TPSA) is 102 Å². The van der Waals surface area contributed by atoms with Crippen molar-refractivity contribution in [1.29, 1.82) is 0 Å². The van der Waals surface area contributed by atoms with Gasteiger partial charge in [-0.2, -0.15) is 0 Å². The second-order valence-corrected chi connectivity index (χ2v) is 6.59. The third kappa shape index (κ3) is 4.72. The van der Waals surface area contributed by atoms with Crippen molar-refractivity contribution in [3.05, 3.63) is 35.4 Å². The largest absolute Gasteiger partial charge is 0.458 e. The van der Waals surface area contributed by atoms with Crippen molar-refractivity contribution in [1.82, 2.24) is 19.8 Å². The lowest BCUT2D eigenvalue weighted by Crippen LogP contribution is -2.56. The van der Waals surface area contributed by atoms with E-state index >= 15 is 0 Å². The fraction of sp³-hybridized carbons (Fsp3) is 0.526. The summed E-state index contributed by atoms with van der Waals surface area (Å²) in [7, 11) is 1.47. The summed E-state index contributed by atoms with van der Waals surface area (Å²) in [5.41, 5.74) is 0.456. The number of ether oxygens (including phenoxy) is 2. The van der Waals surface area contributed by atoms with Gasteiger partial charge in [-0.3, -0.25) is 9.59 Å². The molecule has 2 heterocycles. The van der Waals surface area contributed by atoms with Crippen LogP contribution < -0.4 is 0 Å². The molecule has 0 aromatic carbocycles. The zero-order valence-electron chi connectivity index (χ0n) is 16.7. The fourth-order valence-corrected chi connectivity index (χ4v) is 3.19. The van der Waals surface area contributed by atoms with E-state index in [0.717, 1.165) is 0 Å². The highest BCUT2D eigenvalue weighted by atomic mass is 16.5. The zero-order valence-corrected chi connectivity index (χ0v) is 16.7. The molecule has 0 spiro atoms. The second-order valence-electron chi connectivity index (χ2n) is 6.59. The van der Waals surface area contributed by atoms with Gasteiger partial charge >= 0.3 is 5.97 Å². The number of nitrogens with zero attached hydrogens (tertiary/aromatic N) is 4. The van der Waals surface area contributed by atoms with E-state index in [1.165, 1.54) is 13.2 Å². The molecule has 1 saturated heterocycles. The molecule has 0 saturated carbocycles. The molecule has 1 aromatic heterocycles. The Morgan fingerprint density at radius 1 is 1.25 bits per heavy atom. The number of amides is 2. The summed E-state index contributed by atoms with van der Waals surface area (Å²) < 4.78 is 10.0. The van der Waals surface area contributed by atoms with E-state index in [4.69, 9.17) is 9.47 Å². The number of carbonyl (C=O) groups excluding carboxylic acids is 3. The molecule has 0 radical (unpaired) electrons. The quantitative estimate of drug-likeness (QED) is 0.522. The van der Waals surface area contributed by atoms with Crippen LogP contribution in [-0.2, 0) is 14.3 Å². The first kappa shape index (κ1) is 21.5. The summed E-state index contributed by atoms with van der Waals surface area (Å²) in [6.45, 7) is 9.75. The van der Waals surface area contributed by atoms with Crippen molar-refractivity contribution in [3.63, 3.8) is 0 Å². The van der Waals surface area contributed by atoms with Crippen LogP contribution in [0.4, 0.5) is 0 Å². The summed E-state index contributed by atoms with van der Waals surface area (Å²) in [5, 5.41) is 0. The highest BCUT2D eigenvalue weighted by Gasteiger charge is 2.33. The molecule has 1 atom stereocenters. The number of hydrogen-bond acceptors (Lipinski definition) is 7. The van der Waals surface area contributed by atoms with Crippen LogP contribution in [0, 0.1) is 13.8 Å². The Morgan fingerprint density at radius 3 is 2.57 bits per heavy atom. The molecule has 9 heteroatoms. The average Bonchev–Trinajstić information content (AvgIpc) is 2.64. The number of hydrogen-bond donors (Lipinski definition) is 0. The SMILES string of the molecule is C=CCOC(=O)c1c(C)nc(C)nc1C(=O)N1CCN(C(=O)COC)C(C)C1. The van der Waals surface area contributed by atoms with Crippen LogP contribution in [0.15, 0.2) is 12.7 Å². The lowest BCUT2D eigenvalue weighted by Gasteiger charge is -2.39. The first-order chi connectivity index (χ1) is 13.3. The number of piperazine rings is 1. The first-order valence-corrected chi connectivity index (χ1v) is 9.01. The van der Waals surface area contributed by atoms with Gasteiger partial charge in [0.25, 0.3) is 5.91 Å². The molecule has 1 aliphatic heterocycles. The van der Waals surface area contributed by atoms with E-state index < -0.39 is 5.97 Å². The molecule has 0 bridgehead atoms. The smallest absolute Gasteiger partial charge is 0.342 e. The molecule has 2 amide bonds. The van der Waals surface area contributed by atoms with Crippen molar-refractivity contribution < 1.29 is 23.9 Å². The molecule has 2 rings (SSSR count). The van der Waals surface area contributed by atoms with Gasteiger partial charge in [0.15, 0.2) is 0 Å². The summed E-state index contributed by atoms with van der Waals surface area (Å²) in [4.78, 5) is 49.3. The van der Waals surface area contributed by atoms with Gasteiger partial charge in [-0.05, 0) is 20.8 Å². The standard InChI is InChI=1S/C19H26N4O5/c1-6-9-28-19(26)16-13(3)20-14(4)21-17(16)18(25)22-7-8-23(12(2)10-22)15(24)11-27-5/h6,12H,1,7-11H2,2-5H3. The Hall–Kier alpha value is -2.81. The Balaban J connectivity index is 2.26. The van der Waals surface area contributed by atoms with Gasteiger partial charge in [0.2, 0.25) is 5.91 Å². The van der Waals surface area contributed by atoms with Crippen molar-refractivity contribution in [2.45, 2.75) is 26.8 Å². The third-order valence-electron chi connectivity index (χ3n) is 4.44. The number of rotatable bonds is 6. The maximum atomic E-state index is 13.1. The van der Waals surface area contributed by atoms with Crippen molar-refractivity contribution in [2.75, 3.05) is 40.0 Å². The number of aromatic nitrogens is 2. The van der Waals surface area contributed by atoms with Gasteiger partial charge in [-0.15, -0.1) is 0 Å². The van der Waals surface area contributed by atoms with E-state index in [1.807, 2.05) is 6.92 Å². The Kier molecular flexibility index (Phi) is 7.22. The van der Waals surface area contributed by atoms with E-state index in [2.05, 4.69) is 16.5 Å². The van der Waals surface area contributed by atoms with E-state index in [1.54, 1.807) is 23.6 Å². The Morgan fingerprint density at radius 2 is 1.96 bits per heavy atom. The maximum absolute atomic E-state index is 13.1. The van der Waals surface area contributed by atoms with Gasteiger partial charge in [0, 0.05) is 32.8 Å². The summed E-state index contributed by atoms with van der Waals surface area (Å²) in [6, 6.07) is -0.180. The molecule has 152 valence electrons. The number of aryl methyl sites for hydroxylation is 2. The first-order valence-electron chi connectivity index (χ1n) is 9.01. The van der Waals surface area contributed by atoms with Crippen molar-refractivity contribution >= 4 is 17.8 Å². The summed E-state index contributed by atoms with van der Waals surface area (Å²) >= 11 is 0. The monoisotopic (exact) mass is 390 g/mol. The van der Waals surface area contributed by atoms with Crippen LogP contribution in [0.2, 0.25) is 0 Å². The van der Waals surface area contributed by atoms with E-state index in [-0.39, 0.29) is 42.3 Å². The van der Waals surface area contributed by atoms with Gasteiger partial charge < -0.3 is 19.3 Å². The van der Waals surface area contributed by atoms with E-state index in [9.17, 15) is 14.4 Å². The number of esters is 1. The maximum Gasteiger partial charge on any atom is 0.342 e. The van der Waals surface area contributed by atoms with Gasteiger partial charge in [0.1, 0.15) is 30.3 Å². The predicted octanol–water partition coefficient (Wildman–Crippen LogP) is 0.756. The Bertz CT molecular complexity index is 780. The predicted molar refractivity (Wildman–Crippen MR) is 101 cm³/mol. The Labute approximate surface area is 164 Å². The lowest BCUT2D eigenvalue weighted by atomic mass is 10.1. The normalized spacial score (nSPS) is 16.6. The van der Waals surface area contributed by atoms with Crippen LogP contribution in [0.1, 0.15) is 39.3 Å². The molecular formula is C19H26N4O5. The molecular weight excluding hydrogens is 364 g/mol. The van der Waals surface area contributed by atoms with Crippen molar-refractivity contribution in [2.24, 2.45) is 0 Å². The van der Waals surface area contributed by atoms with Crippen LogP contribution in [-0.4, -0.2) is 83.6 Å². The summed E-state index contributed by atoms with van der Waals surface area (Å²) in [6.07, 6.45) is 1.45. The average molecular weight is 390 g/mol. The molecule has 0 N–H and O–H groups in total. The summed E-state index contributed by atoms with van der Waals surface area (Å²) in [5.74, 6) is -0.778. The molecule has 1 unspecified atom stereocenters. The molecule has 1 fully saturated rings. The minimum Gasteiger partial charge on any atom is -0.458 e. The van der Waals surface area contributed by atoms with Crippen LogP contribution in [0.3, 0.4) is 0 Å². The lowest BCUT2D eigenvalue weighted by molar-refractivity contribution is -0.139. The van der Waals surface area contributed by atoms with Crippen LogP contribution in [0.5, 0.6) is 0 Å². The minimum atomic E-state index is -0.664. The van der Waals surface area contributed by atoms with Crippen LogP contribution >= 0.6 is 0 Å². The minimum absolute atomic E-state index is 0.00186. The number of carbonyl (C=O) groups is 3. The highest BCUT2D eigenvalue weighted by Crippen LogP contribution is 2.18.